The van der Waals surface area contributed by atoms with Crippen molar-refractivity contribution in [1.29, 1.82) is 0 Å². The first-order valence-electron chi connectivity index (χ1n) is 5.08. The Kier molecular flexibility index (Phi) is 5.99. The van der Waals surface area contributed by atoms with Gasteiger partial charge in [0.05, 0.1) is 0 Å². The van der Waals surface area contributed by atoms with E-state index in [0.717, 1.165) is 11.4 Å². The largest absolute Gasteiger partial charge is 0.356 e. The molecule has 0 aliphatic carbocycles. The summed E-state index contributed by atoms with van der Waals surface area (Å²) in [5.41, 5.74) is 2.24. The summed E-state index contributed by atoms with van der Waals surface area (Å²) in [7, 11) is 0. The predicted octanol–water partition coefficient (Wildman–Crippen LogP) is 3.27. The van der Waals surface area contributed by atoms with Crippen LogP contribution < -0.4 is 5.32 Å². The summed E-state index contributed by atoms with van der Waals surface area (Å²) >= 11 is -1.61. The summed E-state index contributed by atoms with van der Waals surface area (Å²) in [6, 6.07) is 20.3. The second-order valence-corrected chi connectivity index (χ2v) is 4.13. The van der Waals surface area contributed by atoms with Crippen LogP contribution in [-0.2, 0) is 11.1 Å². The number of anilines is 2. The molecule has 90 valence electrons. The molecule has 2 rings (SSSR count). The highest BCUT2D eigenvalue weighted by molar-refractivity contribution is 7.78. The van der Waals surface area contributed by atoms with Gasteiger partial charge in [-0.3, -0.25) is 0 Å². The first kappa shape index (κ1) is 13.4. The van der Waals surface area contributed by atoms with E-state index in [1.54, 1.807) is 0 Å². The number of para-hydroxylation sites is 2. The van der Waals surface area contributed by atoms with E-state index in [-0.39, 0.29) is 0 Å². The van der Waals surface area contributed by atoms with E-state index in [9.17, 15) is 0 Å². The minimum Gasteiger partial charge on any atom is -0.356 e. The minimum atomic E-state index is -1.61. The van der Waals surface area contributed by atoms with Gasteiger partial charge in [0.25, 0.3) is 0 Å². The Morgan fingerprint density at radius 1 is 0.882 bits per heavy atom. The van der Waals surface area contributed by atoms with Gasteiger partial charge in [-0.2, -0.15) is 0 Å². The van der Waals surface area contributed by atoms with Crippen molar-refractivity contribution in [3.63, 3.8) is 0 Å². The van der Waals surface area contributed by atoms with Gasteiger partial charge in [-0.15, -0.1) is 0 Å². The van der Waals surface area contributed by atoms with Crippen molar-refractivity contribution in [3.05, 3.63) is 60.7 Å². The molecule has 4 heteroatoms. The fourth-order valence-corrected chi connectivity index (χ4v) is 1.21. The van der Waals surface area contributed by atoms with Crippen molar-refractivity contribution in [3.8, 4) is 0 Å². The quantitative estimate of drug-likeness (QED) is 0.803. The molecule has 2 N–H and O–H groups in total. The lowest BCUT2D eigenvalue weighted by molar-refractivity contribution is 0.571. The average molecular weight is 249 g/mol. The number of hydrogen-bond donors (Lipinski definition) is 2. The SMILES string of the molecule is CS(=O)O.c1ccc(Nc2ccccc2)cc1. The maximum atomic E-state index is 9.11. The van der Waals surface area contributed by atoms with Gasteiger partial charge in [0.1, 0.15) is 11.1 Å². The van der Waals surface area contributed by atoms with E-state index in [1.165, 1.54) is 6.26 Å². The first-order chi connectivity index (χ1) is 8.18. The van der Waals surface area contributed by atoms with E-state index >= 15 is 0 Å². The molecule has 0 saturated heterocycles. The van der Waals surface area contributed by atoms with Crippen molar-refractivity contribution in [2.24, 2.45) is 0 Å². The minimum absolute atomic E-state index is 1.12. The van der Waals surface area contributed by atoms with E-state index in [2.05, 4.69) is 5.32 Å². The molecular formula is C13H15NO2S. The van der Waals surface area contributed by atoms with Gasteiger partial charge in [-0.1, -0.05) is 36.4 Å². The molecule has 0 radical (unpaired) electrons. The molecule has 3 nitrogen and oxygen atoms in total. The van der Waals surface area contributed by atoms with Crippen LogP contribution in [0, 0.1) is 0 Å². The molecule has 0 amide bonds. The van der Waals surface area contributed by atoms with E-state index in [4.69, 9.17) is 8.76 Å². The lowest BCUT2D eigenvalue weighted by atomic mass is 10.3. The van der Waals surface area contributed by atoms with Crippen LogP contribution in [-0.4, -0.2) is 15.0 Å². The third-order valence-corrected chi connectivity index (χ3v) is 1.84. The van der Waals surface area contributed by atoms with Crippen LogP contribution in [0.5, 0.6) is 0 Å². The lowest BCUT2D eigenvalue weighted by Crippen LogP contribution is -1.87. The summed E-state index contributed by atoms with van der Waals surface area (Å²) in [5.74, 6) is 0. The maximum absolute atomic E-state index is 9.11. The molecule has 0 aromatic heterocycles. The molecule has 2 aromatic carbocycles. The number of benzene rings is 2. The van der Waals surface area contributed by atoms with Gasteiger partial charge in [0, 0.05) is 17.6 Å². The Morgan fingerprint density at radius 2 is 1.18 bits per heavy atom. The number of rotatable bonds is 2. The molecule has 0 aliphatic heterocycles. The van der Waals surface area contributed by atoms with Crippen molar-refractivity contribution >= 4 is 22.5 Å². The molecule has 0 saturated carbocycles. The third-order valence-electron chi connectivity index (χ3n) is 1.84. The van der Waals surface area contributed by atoms with E-state index < -0.39 is 11.1 Å². The average Bonchev–Trinajstić information content (AvgIpc) is 2.31. The standard InChI is InChI=1S/C12H11N.CH4O2S/c1-3-7-11(8-4-1)13-12-9-5-2-6-10-12;1-4(2)3/h1-10,13H;1H3,(H,2,3). The van der Waals surface area contributed by atoms with Crippen LogP contribution in [0.2, 0.25) is 0 Å². The number of hydrogen-bond acceptors (Lipinski definition) is 2. The monoisotopic (exact) mass is 249 g/mol. The summed E-state index contributed by atoms with van der Waals surface area (Å²) in [6.45, 7) is 0. The molecular weight excluding hydrogens is 234 g/mol. The molecule has 17 heavy (non-hydrogen) atoms. The van der Waals surface area contributed by atoms with Crippen LogP contribution in [0.25, 0.3) is 0 Å². The Labute approximate surface area is 104 Å². The first-order valence-corrected chi connectivity index (χ1v) is 6.59. The molecule has 1 unspecified atom stereocenters. The van der Waals surface area contributed by atoms with Crippen molar-refractivity contribution in [1.82, 2.24) is 0 Å². The second-order valence-electron chi connectivity index (χ2n) is 3.28. The molecule has 0 aliphatic rings. The van der Waals surface area contributed by atoms with Crippen LogP contribution >= 0.6 is 0 Å². The Bertz CT molecular complexity index is 404. The Hall–Kier alpha value is -1.65. The lowest BCUT2D eigenvalue weighted by Gasteiger charge is -2.04. The van der Waals surface area contributed by atoms with Gasteiger partial charge >= 0.3 is 0 Å². The van der Waals surface area contributed by atoms with Crippen LogP contribution in [0.4, 0.5) is 11.4 Å². The summed E-state index contributed by atoms with van der Waals surface area (Å²) in [4.78, 5) is 0. The highest BCUT2D eigenvalue weighted by atomic mass is 32.2. The fraction of sp³-hybridized carbons (Fsp3) is 0.0769. The van der Waals surface area contributed by atoms with Crippen LogP contribution in [0.15, 0.2) is 60.7 Å². The highest BCUT2D eigenvalue weighted by Gasteiger charge is 1.89. The maximum Gasteiger partial charge on any atom is 0.149 e. The van der Waals surface area contributed by atoms with Gasteiger partial charge < -0.3 is 9.87 Å². The molecule has 0 fully saturated rings. The van der Waals surface area contributed by atoms with E-state index in [0.29, 0.717) is 0 Å². The van der Waals surface area contributed by atoms with Crippen LogP contribution in [0.1, 0.15) is 0 Å². The Morgan fingerprint density at radius 3 is 1.47 bits per heavy atom. The molecule has 2 aromatic rings. The fourth-order valence-electron chi connectivity index (χ4n) is 1.21. The van der Waals surface area contributed by atoms with Crippen molar-refractivity contribution in [2.75, 3.05) is 11.6 Å². The zero-order chi connectivity index (χ0) is 12.5. The van der Waals surface area contributed by atoms with Crippen molar-refractivity contribution in [2.45, 2.75) is 0 Å². The van der Waals surface area contributed by atoms with Crippen LogP contribution in [0.3, 0.4) is 0 Å². The van der Waals surface area contributed by atoms with Gasteiger partial charge in [0.2, 0.25) is 0 Å². The van der Waals surface area contributed by atoms with E-state index in [1.807, 2.05) is 60.7 Å². The predicted molar refractivity (Wildman–Crippen MR) is 72.9 cm³/mol. The summed E-state index contributed by atoms with van der Waals surface area (Å²) < 4.78 is 16.6. The summed E-state index contributed by atoms with van der Waals surface area (Å²) in [5, 5.41) is 3.30. The molecule has 0 bridgehead atoms. The molecule has 0 spiro atoms. The molecule has 0 heterocycles. The molecule has 1 atom stereocenters. The van der Waals surface area contributed by atoms with Gasteiger partial charge in [-0.05, 0) is 24.3 Å². The van der Waals surface area contributed by atoms with Gasteiger partial charge in [-0.25, -0.2) is 4.21 Å². The van der Waals surface area contributed by atoms with Crippen molar-refractivity contribution < 1.29 is 8.76 Å². The topological polar surface area (TPSA) is 49.3 Å². The smallest absolute Gasteiger partial charge is 0.149 e. The zero-order valence-electron chi connectivity index (χ0n) is 9.54. The van der Waals surface area contributed by atoms with Gasteiger partial charge in [0.15, 0.2) is 0 Å². The highest BCUT2D eigenvalue weighted by Crippen LogP contribution is 2.14. The zero-order valence-corrected chi connectivity index (χ0v) is 10.4. The Balaban J connectivity index is 0.000000317. The second kappa shape index (κ2) is 7.60. The number of nitrogens with one attached hydrogen (secondary N) is 1. The third kappa shape index (κ3) is 6.50. The summed E-state index contributed by atoms with van der Waals surface area (Å²) in [6.07, 6.45) is 1.19. The normalized spacial score (nSPS) is 10.9.